The topological polar surface area (TPSA) is 83.3 Å². The molecule has 0 bridgehead atoms. The first-order valence-corrected chi connectivity index (χ1v) is 5.55. The summed E-state index contributed by atoms with van der Waals surface area (Å²) in [6.07, 6.45) is 3.55. The molecule has 1 aliphatic rings. The van der Waals surface area contributed by atoms with Gasteiger partial charge in [0.2, 0.25) is 0 Å². The molecule has 4 N–H and O–H groups in total. The Balaban J connectivity index is 0.00000128. The molecule has 0 atom stereocenters. The van der Waals surface area contributed by atoms with E-state index in [1.54, 1.807) is 7.28 Å². The van der Waals surface area contributed by atoms with Crippen molar-refractivity contribution in [3.63, 3.8) is 0 Å². The van der Waals surface area contributed by atoms with Gasteiger partial charge >= 0.3 is 0 Å². The van der Waals surface area contributed by atoms with E-state index in [0.29, 0.717) is 0 Å². The van der Waals surface area contributed by atoms with E-state index in [-0.39, 0.29) is 16.8 Å². The maximum absolute atomic E-state index is 11.8. The molecule has 0 spiro atoms. The van der Waals surface area contributed by atoms with Crippen LogP contribution in [0.2, 0.25) is 0 Å². The van der Waals surface area contributed by atoms with Crippen molar-refractivity contribution in [3.05, 3.63) is 30.3 Å². The van der Waals surface area contributed by atoms with Gasteiger partial charge in [-0.2, -0.15) is 0 Å². The largest absolute Gasteiger partial charge is 0.412 e. The normalized spacial score (nSPS) is 14.2. The Morgan fingerprint density at radius 1 is 1.00 bits per heavy atom. The van der Waals surface area contributed by atoms with Crippen LogP contribution in [0.4, 0.5) is 4.79 Å². The SMILES string of the molecule is O.O.O=C([B]c1ccccc1)N1CCCCC1. The van der Waals surface area contributed by atoms with E-state index in [0.717, 1.165) is 31.4 Å². The van der Waals surface area contributed by atoms with Crippen LogP contribution in [0.15, 0.2) is 30.3 Å². The van der Waals surface area contributed by atoms with Crippen molar-refractivity contribution in [2.24, 2.45) is 0 Å². The minimum atomic E-state index is 0. The number of piperidine rings is 1. The maximum atomic E-state index is 11.8. The number of rotatable bonds is 2. The Kier molecular flexibility index (Phi) is 7.26. The molecule has 1 heterocycles. The van der Waals surface area contributed by atoms with E-state index in [4.69, 9.17) is 0 Å². The molecule has 1 fully saturated rings. The minimum Gasteiger partial charge on any atom is -0.412 e. The van der Waals surface area contributed by atoms with Gasteiger partial charge in [-0.3, -0.25) is 4.79 Å². The fourth-order valence-corrected chi connectivity index (χ4v) is 1.90. The molecule has 1 aliphatic heterocycles. The number of carbonyl (C=O) groups is 1. The number of benzene rings is 1. The molecule has 1 saturated heterocycles. The molecular weight excluding hydrogens is 217 g/mol. The van der Waals surface area contributed by atoms with E-state index in [1.165, 1.54) is 6.42 Å². The van der Waals surface area contributed by atoms with Gasteiger partial charge in [-0.05, 0) is 19.3 Å². The predicted octanol–water partition coefficient (Wildman–Crippen LogP) is -0.0274. The molecular formula is C12H19BNO3. The zero-order valence-corrected chi connectivity index (χ0v) is 9.86. The van der Waals surface area contributed by atoms with Gasteiger partial charge in [-0.1, -0.05) is 35.8 Å². The zero-order chi connectivity index (χ0) is 10.5. The molecule has 1 amide bonds. The van der Waals surface area contributed by atoms with Crippen molar-refractivity contribution in [2.45, 2.75) is 19.3 Å². The highest BCUT2D eigenvalue weighted by Gasteiger charge is 2.17. The van der Waals surface area contributed by atoms with Crippen LogP contribution in [0.3, 0.4) is 0 Å². The van der Waals surface area contributed by atoms with Crippen LogP contribution < -0.4 is 5.46 Å². The van der Waals surface area contributed by atoms with E-state index in [1.807, 2.05) is 35.2 Å². The second-order valence-electron chi connectivity index (χ2n) is 3.94. The fraction of sp³-hybridized carbons (Fsp3) is 0.417. The first-order chi connectivity index (χ1) is 7.36. The lowest BCUT2D eigenvalue weighted by Gasteiger charge is -2.26. The molecule has 93 valence electrons. The number of likely N-dealkylation sites (tertiary alicyclic amines) is 1. The third-order valence-corrected chi connectivity index (χ3v) is 2.76. The number of amides is 1. The molecule has 17 heavy (non-hydrogen) atoms. The van der Waals surface area contributed by atoms with Crippen molar-refractivity contribution in [3.8, 4) is 0 Å². The molecule has 0 aromatic heterocycles. The summed E-state index contributed by atoms with van der Waals surface area (Å²) < 4.78 is 0. The number of nitrogens with zero attached hydrogens (tertiary/aromatic N) is 1. The smallest absolute Gasteiger partial charge is 0.271 e. The molecule has 1 radical (unpaired) electrons. The first-order valence-electron chi connectivity index (χ1n) is 5.55. The maximum Gasteiger partial charge on any atom is 0.271 e. The lowest BCUT2D eigenvalue weighted by atomic mass is 9.68. The number of hydrogen-bond donors (Lipinski definition) is 0. The van der Waals surface area contributed by atoms with E-state index in [2.05, 4.69) is 0 Å². The summed E-state index contributed by atoms with van der Waals surface area (Å²) in [7, 11) is 1.73. The third-order valence-electron chi connectivity index (χ3n) is 2.76. The van der Waals surface area contributed by atoms with Gasteiger partial charge in [0.25, 0.3) is 7.28 Å². The molecule has 0 unspecified atom stereocenters. The summed E-state index contributed by atoms with van der Waals surface area (Å²) >= 11 is 0. The van der Waals surface area contributed by atoms with Crippen molar-refractivity contribution >= 4 is 18.5 Å². The Morgan fingerprint density at radius 3 is 2.18 bits per heavy atom. The number of carbonyl (C=O) groups excluding carboxylic acids is 1. The Morgan fingerprint density at radius 2 is 1.59 bits per heavy atom. The van der Waals surface area contributed by atoms with Crippen LogP contribution in [0.5, 0.6) is 0 Å². The van der Waals surface area contributed by atoms with Crippen LogP contribution in [-0.2, 0) is 0 Å². The Hall–Kier alpha value is -1.33. The molecule has 1 aromatic carbocycles. The predicted molar refractivity (Wildman–Crippen MR) is 69.9 cm³/mol. The van der Waals surface area contributed by atoms with Gasteiger partial charge in [0.1, 0.15) is 0 Å². The average Bonchev–Trinajstić information content (AvgIpc) is 2.31. The van der Waals surface area contributed by atoms with E-state index >= 15 is 0 Å². The fourth-order valence-electron chi connectivity index (χ4n) is 1.90. The van der Waals surface area contributed by atoms with Crippen molar-refractivity contribution in [1.29, 1.82) is 0 Å². The highest BCUT2D eigenvalue weighted by atomic mass is 16.1. The lowest BCUT2D eigenvalue weighted by molar-refractivity contribution is 0.209. The molecule has 4 nitrogen and oxygen atoms in total. The quantitative estimate of drug-likeness (QED) is 0.663. The summed E-state index contributed by atoms with van der Waals surface area (Å²) in [5.74, 6) is 0.154. The monoisotopic (exact) mass is 236 g/mol. The van der Waals surface area contributed by atoms with Crippen LogP contribution in [0, 0.1) is 0 Å². The molecule has 5 heteroatoms. The van der Waals surface area contributed by atoms with Gasteiger partial charge in [0.15, 0.2) is 5.81 Å². The summed E-state index contributed by atoms with van der Waals surface area (Å²) in [4.78, 5) is 13.8. The zero-order valence-electron chi connectivity index (χ0n) is 9.86. The van der Waals surface area contributed by atoms with Gasteiger partial charge in [0, 0.05) is 13.1 Å². The summed E-state index contributed by atoms with van der Waals surface area (Å²) in [5, 5.41) is 0. The van der Waals surface area contributed by atoms with Crippen LogP contribution in [0.25, 0.3) is 0 Å². The van der Waals surface area contributed by atoms with Crippen LogP contribution in [0.1, 0.15) is 19.3 Å². The summed E-state index contributed by atoms with van der Waals surface area (Å²) in [6.45, 7) is 1.84. The van der Waals surface area contributed by atoms with Crippen LogP contribution in [-0.4, -0.2) is 42.0 Å². The van der Waals surface area contributed by atoms with E-state index < -0.39 is 0 Å². The number of hydrogen-bond acceptors (Lipinski definition) is 1. The third kappa shape index (κ3) is 4.59. The van der Waals surface area contributed by atoms with Crippen molar-refractivity contribution < 1.29 is 15.7 Å². The Labute approximate surface area is 102 Å². The second kappa shape index (κ2) is 7.87. The minimum absolute atomic E-state index is 0. The molecule has 2 rings (SSSR count). The molecule has 1 aromatic rings. The van der Waals surface area contributed by atoms with Gasteiger partial charge in [-0.15, -0.1) is 0 Å². The van der Waals surface area contributed by atoms with Crippen molar-refractivity contribution in [1.82, 2.24) is 4.90 Å². The van der Waals surface area contributed by atoms with Gasteiger partial charge < -0.3 is 15.9 Å². The Bertz CT molecular complexity index is 326. The average molecular weight is 236 g/mol. The lowest BCUT2D eigenvalue weighted by Crippen LogP contribution is -2.41. The van der Waals surface area contributed by atoms with Crippen LogP contribution >= 0.6 is 0 Å². The summed E-state index contributed by atoms with van der Waals surface area (Å²) in [5.41, 5.74) is 0.994. The van der Waals surface area contributed by atoms with Gasteiger partial charge in [0.05, 0.1) is 0 Å². The highest BCUT2D eigenvalue weighted by Crippen LogP contribution is 2.08. The van der Waals surface area contributed by atoms with E-state index in [9.17, 15) is 4.79 Å². The standard InChI is InChI=1S/C12H15BNO.2H2O/c15-12(14-9-5-2-6-10-14)13-11-7-3-1-4-8-11;;/h1,3-4,7-8H,2,5-6,9-10H2;2*1H2. The highest BCUT2D eigenvalue weighted by molar-refractivity contribution is 6.83. The second-order valence-corrected chi connectivity index (χ2v) is 3.94. The summed E-state index contributed by atoms with van der Waals surface area (Å²) in [6, 6.07) is 9.79. The van der Waals surface area contributed by atoms with Crippen molar-refractivity contribution in [2.75, 3.05) is 13.1 Å². The molecule has 0 saturated carbocycles. The first kappa shape index (κ1) is 15.7. The van der Waals surface area contributed by atoms with Gasteiger partial charge in [-0.25, -0.2) is 0 Å². The molecule has 0 aliphatic carbocycles.